The number of aromatic nitrogens is 2. The molecule has 0 fully saturated rings. The highest BCUT2D eigenvalue weighted by Crippen LogP contribution is 2.20. The Labute approximate surface area is 132 Å². The van der Waals surface area contributed by atoms with E-state index in [0.29, 0.717) is 23.5 Å². The Hall–Kier alpha value is -3.20. The maximum absolute atomic E-state index is 10.9. The topological polar surface area (TPSA) is 84.2 Å². The lowest BCUT2D eigenvalue weighted by Gasteiger charge is -2.01. The highest BCUT2D eigenvalue weighted by Gasteiger charge is 2.15. The number of fused-ring (bicyclic) bond motifs is 1. The zero-order chi connectivity index (χ0) is 16.4. The van der Waals surface area contributed by atoms with E-state index in [1.165, 1.54) is 22.2 Å². The van der Waals surface area contributed by atoms with Crippen molar-refractivity contribution in [3.05, 3.63) is 75.2 Å². The minimum atomic E-state index is -0.482. The van der Waals surface area contributed by atoms with Gasteiger partial charge in [0, 0.05) is 12.5 Å². The Morgan fingerprint density at radius 1 is 1.22 bits per heavy atom. The van der Waals surface area contributed by atoms with Gasteiger partial charge in [0.2, 0.25) is 0 Å². The van der Waals surface area contributed by atoms with Gasteiger partial charge in [0.25, 0.3) is 5.69 Å². The second-order valence-electron chi connectivity index (χ2n) is 5.24. The molecule has 6 nitrogen and oxygen atoms in total. The summed E-state index contributed by atoms with van der Waals surface area (Å²) >= 11 is 0. The highest BCUT2D eigenvalue weighted by atomic mass is 16.6. The molecular formula is C17H14N4O2. The van der Waals surface area contributed by atoms with Crippen LogP contribution in [0.3, 0.4) is 0 Å². The first-order valence-corrected chi connectivity index (χ1v) is 7.25. The van der Waals surface area contributed by atoms with Crippen LogP contribution in [0.4, 0.5) is 5.69 Å². The monoisotopic (exact) mass is 306 g/mol. The predicted molar refractivity (Wildman–Crippen MR) is 85.2 cm³/mol. The summed E-state index contributed by atoms with van der Waals surface area (Å²) in [5.74, 6) is 0. The van der Waals surface area contributed by atoms with Crippen molar-refractivity contribution in [2.75, 3.05) is 0 Å². The molecule has 0 bridgehead atoms. The molecule has 2 heterocycles. The van der Waals surface area contributed by atoms with Crippen molar-refractivity contribution in [3.8, 4) is 6.07 Å². The third-order valence-electron chi connectivity index (χ3n) is 3.79. The van der Waals surface area contributed by atoms with Crippen molar-refractivity contribution in [3.63, 3.8) is 0 Å². The quantitative estimate of drug-likeness (QED) is 0.547. The largest absolute Gasteiger partial charge is 0.286 e. The van der Waals surface area contributed by atoms with E-state index in [9.17, 15) is 15.4 Å². The first-order valence-electron chi connectivity index (χ1n) is 7.25. The SMILES string of the molecule is CCc1ccc(Cc2nc3ccc([N+](=O)[O-])cn3c2C#N)cc1. The molecule has 2 aromatic heterocycles. The van der Waals surface area contributed by atoms with E-state index >= 15 is 0 Å². The van der Waals surface area contributed by atoms with Crippen LogP contribution >= 0.6 is 0 Å². The summed E-state index contributed by atoms with van der Waals surface area (Å²) in [4.78, 5) is 14.8. The molecule has 114 valence electrons. The number of aryl methyl sites for hydroxylation is 1. The predicted octanol–water partition coefficient (Wildman–Crippen LogP) is 3.27. The van der Waals surface area contributed by atoms with Crippen LogP contribution in [-0.4, -0.2) is 14.3 Å². The van der Waals surface area contributed by atoms with Crippen LogP contribution in [0.25, 0.3) is 5.65 Å². The summed E-state index contributed by atoms with van der Waals surface area (Å²) in [6.07, 6.45) is 2.83. The van der Waals surface area contributed by atoms with Gasteiger partial charge >= 0.3 is 0 Å². The van der Waals surface area contributed by atoms with Crippen LogP contribution in [0.5, 0.6) is 0 Å². The molecule has 0 aliphatic carbocycles. The highest BCUT2D eigenvalue weighted by molar-refractivity contribution is 5.51. The van der Waals surface area contributed by atoms with Gasteiger partial charge in [-0.3, -0.25) is 14.5 Å². The second kappa shape index (κ2) is 5.89. The van der Waals surface area contributed by atoms with Gasteiger partial charge in [-0.25, -0.2) is 4.98 Å². The van der Waals surface area contributed by atoms with Gasteiger partial charge in [-0.1, -0.05) is 31.2 Å². The van der Waals surface area contributed by atoms with Gasteiger partial charge < -0.3 is 0 Å². The summed E-state index contributed by atoms with van der Waals surface area (Å²) in [6, 6.07) is 13.2. The fourth-order valence-electron chi connectivity index (χ4n) is 2.52. The fraction of sp³-hybridized carbons (Fsp3) is 0.176. The van der Waals surface area contributed by atoms with E-state index < -0.39 is 4.92 Å². The van der Waals surface area contributed by atoms with Crippen molar-refractivity contribution >= 4 is 11.3 Å². The molecule has 0 aliphatic heterocycles. The zero-order valence-electron chi connectivity index (χ0n) is 12.6. The Morgan fingerprint density at radius 2 is 1.91 bits per heavy atom. The van der Waals surface area contributed by atoms with Crippen molar-refractivity contribution in [2.45, 2.75) is 19.8 Å². The molecule has 0 aliphatic rings. The average molecular weight is 306 g/mol. The van der Waals surface area contributed by atoms with Gasteiger partial charge in [-0.05, 0) is 23.6 Å². The van der Waals surface area contributed by atoms with Gasteiger partial charge in [0.1, 0.15) is 17.4 Å². The molecule has 0 unspecified atom stereocenters. The molecule has 0 saturated heterocycles. The van der Waals surface area contributed by atoms with Crippen LogP contribution in [0.1, 0.15) is 29.4 Å². The molecule has 0 atom stereocenters. The third kappa shape index (κ3) is 2.77. The summed E-state index contributed by atoms with van der Waals surface area (Å²) < 4.78 is 1.48. The van der Waals surface area contributed by atoms with Crippen LogP contribution in [-0.2, 0) is 12.8 Å². The zero-order valence-corrected chi connectivity index (χ0v) is 12.6. The van der Waals surface area contributed by atoms with Crippen molar-refractivity contribution in [1.29, 1.82) is 5.26 Å². The fourth-order valence-corrected chi connectivity index (χ4v) is 2.52. The number of nitriles is 1. The standard InChI is InChI=1S/C17H14N4O2/c1-2-12-3-5-13(6-4-12)9-15-16(10-18)20-11-14(21(22)23)7-8-17(20)19-15/h3-8,11H,2,9H2,1H3. The first-order chi connectivity index (χ1) is 11.1. The van der Waals surface area contributed by atoms with Crippen LogP contribution in [0.2, 0.25) is 0 Å². The number of pyridine rings is 1. The van der Waals surface area contributed by atoms with Gasteiger partial charge in [0.05, 0.1) is 16.8 Å². The molecule has 23 heavy (non-hydrogen) atoms. The summed E-state index contributed by atoms with van der Waals surface area (Å²) in [5, 5.41) is 20.3. The van der Waals surface area contributed by atoms with Gasteiger partial charge in [-0.15, -0.1) is 0 Å². The lowest BCUT2D eigenvalue weighted by molar-refractivity contribution is -0.385. The molecule has 3 aromatic rings. The van der Waals surface area contributed by atoms with Crippen LogP contribution < -0.4 is 0 Å². The van der Waals surface area contributed by atoms with Crippen molar-refractivity contribution in [1.82, 2.24) is 9.38 Å². The van der Waals surface area contributed by atoms with Crippen molar-refractivity contribution < 1.29 is 4.92 Å². The molecule has 1 aromatic carbocycles. The van der Waals surface area contributed by atoms with E-state index in [4.69, 9.17) is 0 Å². The lowest BCUT2D eigenvalue weighted by Crippen LogP contribution is -1.96. The third-order valence-corrected chi connectivity index (χ3v) is 3.79. The number of hydrogen-bond donors (Lipinski definition) is 0. The maximum Gasteiger partial charge on any atom is 0.286 e. The Morgan fingerprint density at radius 3 is 2.52 bits per heavy atom. The molecule has 3 rings (SSSR count). The first kappa shape index (κ1) is 14.7. The van der Waals surface area contributed by atoms with E-state index in [2.05, 4.69) is 30.1 Å². The molecular weight excluding hydrogens is 292 g/mol. The normalized spacial score (nSPS) is 10.6. The van der Waals surface area contributed by atoms with E-state index in [1.54, 1.807) is 6.07 Å². The molecule has 0 saturated carbocycles. The van der Waals surface area contributed by atoms with E-state index in [-0.39, 0.29) is 5.69 Å². The number of nitro groups is 1. The lowest BCUT2D eigenvalue weighted by atomic mass is 10.1. The Bertz CT molecular complexity index is 920. The summed E-state index contributed by atoms with van der Waals surface area (Å²) in [6.45, 7) is 2.10. The molecule has 0 spiro atoms. The summed E-state index contributed by atoms with van der Waals surface area (Å²) in [7, 11) is 0. The minimum absolute atomic E-state index is 0.0646. The summed E-state index contributed by atoms with van der Waals surface area (Å²) in [5.41, 5.74) is 3.73. The van der Waals surface area contributed by atoms with Crippen LogP contribution in [0.15, 0.2) is 42.6 Å². The molecule has 6 heteroatoms. The smallest absolute Gasteiger partial charge is 0.284 e. The molecule has 0 amide bonds. The minimum Gasteiger partial charge on any atom is -0.284 e. The van der Waals surface area contributed by atoms with E-state index in [0.717, 1.165) is 12.0 Å². The second-order valence-corrected chi connectivity index (χ2v) is 5.24. The molecule has 0 N–H and O–H groups in total. The van der Waals surface area contributed by atoms with E-state index in [1.807, 2.05) is 12.1 Å². The number of benzene rings is 1. The number of nitrogens with zero attached hydrogens (tertiary/aromatic N) is 4. The number of rotatable bonds is 4. The van der Waals surface area contributed by atoms with Crippen molar-refractivity contribution in [2.24, 2.45) is 0 Å². The van der Waals surface area contributed by atoms with Gasteiger partial charge in [0.15, 0.2) is 0 Å². The number of hydrogen-bond acceptors (Lipinski definition) is 4. The maximum atomic E-state index is 10.9. The van der Waals surface area contributed by atoms with Crippen LogP contribution in [0, 0.1) is 21.4 Å². The molecule has 0 radical (unpaired) electrons. The van der Waals surface area contributed by atoms with Gasteiger partial charge in [-0.2, -0.15) is 5.26 Å². The Kier molecular flexibility index (Phi) is 3.77. The Balaban J connectivity index is 2.03. The average Bonchev–Trinajstić information content (AvgIpc) is 2.91. The number of imidazole rings is 1.